The highest BCUT2D eigenvalue weighted by molar-refractivity contribution is 6.00. The lowest BCUT2D eigenvalue weighted by molar-refractivity contribution is -0.148. The lowest BCUT2D eigenvalue weighted by Crippen LogP contribution is -2.46. The maximum atomic E-state index is 12.2. The fourth-order valence-electron chi connectivity index (χ4n) is 2.09. The van der Waals surface area contributed by atoms with Gasteiger partial charge in [-0.3, -0.25) is 4.79 Å². The van der Waals surface area contributed by atoms with E-state index in [9.17, 15) is 14.4 Å². The van der Waals surface area contributed by atoms with Crippen LogP contribution in [0.2, 0.25) is 0 Å². The van der Waals surface area contributed by atoms with E-state index in [1.54, 1.807) is 26.8 Å². The van der Waals surface area contributed by atoms with Gasteiger partial charge in [-0.05, 0) is 33.6 Å². The molecule has 2 atom stereocenters. The van der Waals surface area contributed by atoms with Crippen LogP contribution in [0, 0.1) is 5.92 Å². The smallest absolute Gasteiger partial charge is 0.417 e. The minimum Gasteiger partial charge on any atom is -0.467 e. The van der Waals surface area contributed by atoms with E-state index in [2.05, 4.69) is 11.3 Å². The zero-order valence-electron chi connectivity index (χ0n) is 12.3. The topological polar surface area (TPSA) is 72.9 Å². The zero-order valence-corrected chi connectivity index (χ0v) is 12.3. The summed E-state index contributed by atoms with van der Waals surface area (Å²) in [5.41, 5.74) is -0.742. The molecule has 0 aliphatic carbocycles. The third kappa shape index (κ3) is 3.59. The van der Waals surface area contributed by atoms with Crippen molar-refractivity contribution in [1.29, 1.82) is 0 Å². The molecule has 0 N–H and O–H groups in total. The molecular formula is C14H21NO5. The molecule has 0 radical (unpaired) electrons. The van der Waals surface area contributed by atoms with Crippen LogP contribution in [0.4, 0.5) is 4.79 Å². The van der Waals surface area contributed by atoms with Crippen LogP contribution in [0.25, 0.3) is 0 Å². The van der Waals surface area contributed by atoms with Gasteiger partial charge in [0.1, 0.15) is 11.6 Å². The van der Waals surface area contributed by atoms with E-state index in [-0.39, 0.29) is 6.42 Å². The van der Waals surface area contributed by atoms with Crippen molar-refractivity contribution in [3.8, 4) is 0 Å². The quantitative estimate of drug-likeness (QED) is 0.584. The molecule has 1 saturated heterocycles. The summed E-state index contributed by atoms with van der Waals surface area (Å²) in [5, 5.41) is 0. The third-order valence-electron chi connectivity index (χ3n) is 2.92. The van der Waals surface area contributed by atoms with Crippen molar-refractivity contribution in [2.24, 2.45) is 5.92 Å². The number of hydrogen-bond acceptors (Lipinski definition) is 5. The van der Waals surface area contributed by atoms with Crippen molar-refractivity contribution < 1.29 is 23.9 Å². The number of rotatable bonds is 3. The average Bonchev–Trinajstić information content (AvgIpc) is 2.64. The highest BCUT2D eigenvalue weighted by atomic mass is 16.6. The number of esters is 1. The van der Waals surface area contributed by atoms with Gasteiger partial charge in [0.15, 0.2) is 0 Å². The molecule has 6 nitrogen and oxygen atoms in total. The molecule has 1 fully saturated rings. The second kappa shape index (κ2) is 6.07. The van der Waals surface area contributed by atoms with Gasteiger partial charge >= 0.3 is 12.1 Å². The van der Waals surface area contributed by atoms with E-state index in [0.29, 0.717) is 6.42 Å². The molecule has 0 bridgehead atoms. The molecule has 1 heterocycles. The van der Waals surface area contributed by atoms with Gasteiger partial charge in [-0.15, -0.1) is 6.58 Å². The molecule has 0 aromatic carbocycles. The Morgan fingerprint density at radius 3 is 2.50 bits per heavy atom. The average molecular weight is 283 g/mol. The SMILES string of the molecule is C=CC[C@H]1C[C@@H](C(=O)OC)N(C(=O)OC(C)(C)C)C1=O. The van der Waals surface area contributed by atoms with Gasteiger partial charge in [-0.1, -0.05) is 6.08 Å². The van der Waals surface area contributed by atoms with Gasteiger partial charge in [0.2, 0.25) is 5.91 Å². The van der Waals surface area contributed by atoms with Gasteiger partial charge in [0, 0.05) is 5.92 Å². The Morgan fingerprint density at radius 1 is 1.45 bits per heavy atom. The molecule has 20 heavy (non-hydrogen) atoms. The van der Waals surface area contributed by atoms with Crippen LogP contribution in [0.15, 0.2) is 12.7 Å². The summed E-state index contributed by atoms with van der Waals surface area (Å²) < 4.78 is 9.83. The molecule has 1 aliphatic heterocycles. The van der Waals surface area contributed by atoms with E-state index in [1.807, 2.05) is 0 Å². The third-order valence-corrected chi connectivity index (χ3v) is 2.92. The number of hydrogen-bond donors (Lipinski definition) is 0. The summed E-state index contributed by atoms with van der Waals surface area (Å²) in [6.45, 7) is 8.66. The number of carbonyl (C=O) groups excluding carboxylic acids is 3. The number of nitrogens with zero attached hydrogens (tertiary/aromatic N) is 1. The first kappa shape index (κ1) is 16.2. The van der Waals surface area contributed by atoms with Crippen LogP contribution >= 0.6 is 0 Å². The van der Waals surface area contributed by atoms with Crippen molar-refractivity contribution >= 4 is 18.0 Å². The number of carbonyl (C=O) groups is 3. The number of allylic oxidation sites excluding steroid dienone is 1. The number of amides is 2. The monoisotopic (exact) mass is 283 g/mol. The van der Waals surface area contributed by atoms with Gasteiger partial charge in [-0.2, -0.15) is 0 Å². The summed E-state index contributed by atoms with van der Waals surface area (Å²) in [6, 6.07) is -0.924. The summed E-state index contributed by atoms with van der Waals surface area (Å²) in [4.78, 5) is 36.9. The van der Waals surface area contributed by atoms with E-state index >= 15 is 0 Å². The van der Waals surface area contributed by atoms with Crippen molar-refractivity contribution in [2.75, 3.05) is 7.11 Å². The van der Waals surface area contributed by atoms with Crippen molar-refractivity contribution in [3.05, 3.63) is 12.7 Å². The predicted molar refractivity (Wildman–Crippen MR) is 71.8 cm³/mol. The first-order chi connectivity index (χ1) is 9.21. The molecule has 112 valence electrons. The maximum Gasteiger partial charge on any atom is 0.417 e. The standard InChI is InChI=1S/C14H21NO5/c1-6-7-9-8-10(12(17)19-5)15(11(9)16)13(18)20-14(2,3)4/h6,9-10H,1,7-8H2,2-5H3/t9-,10-/m0/s1. The van der Waals surface area contributed by atoms with Crippen molar-refractivity contribution in [3.63, 3.8) is 0 Å². The molecule has 0 saturated carbocycles. The molecule has 0 aromatic heterocycles. The highest BCUT2D eigenvalue weighted by Crippen LogP contribution is 2.29. The van der Waals surface area contributed by atoms with Crippen molar-refractivity contribution in [1.82, 2.24) is 4.90 Å². The number of ether oxygens (including phenoxy) is 2. The maximum absolute atomic E-state index is 12.2. The minimum absolute atomic E-state index is 0.233. The van der Waals surface area contributed by atoms with Gasteiger partial charge < -0.3 is 9.47 Å². The molecule has 0 unspecified atom stereocenters. The molecule has 1 rings (SSSR count). The molecule has 6 heteroatoms. The zero-order chi connectivity index (χ0) is 15.5. The fraction of sp³-hybridized carbons (Fsp3) is 0.643. The minimum atomic E-state index is -0.924. The molecule has 1 aliphatic rings. The van der Waals surface area contributed by atoms with Crippen LogP contribution in [0.5, 0.6) is 0 Å². The largest absolute Gasteiger partial charge is 0.467 e. The summed E-state index contributed by atoms with van der Waals surface area (Å²) in [7, 11) is 1.22. The van der Waals surface area contributed by atoms with Crippen LogP contribution in [-0.4, -0.2) is 41.6 Å². The van der Waals surface area contributed by atoms with Gasteiger partial charge in [-0.25, -0.2) is 14.5 Å². The molecular weight excluding hydrogens is 262 g/mol. The van der Waals surface area contributed by atoms with E-state index in [4.69, 9.17) is 4.74 Å². The second-order valence-electron chi connectivity index (χ2n) is 5.68. The number of likely N-dealkylation sites (tertiary alicyclic amines) is 1. The lowest BCUT2D eigenvalue weighted by atomic mass is 10.0. The molecule has 2 amide bonds. The Morgan fingerprint density at radius 2 is 2.05 bits per heavy atom. The lowest BCUT2D eigenvalue weighted by Gasteiger charge is -2.26. The van der Waals surface area contributed by atoms with E-state index < -0.39 is 35.5 Å². The highest BCUT2D eigenvalue weighted by Gasteiger charge is 2.48. The molecule has 0 aromatic rings. The number of methoxy groups -OCH3 is 1. The Balaban J connectivity index is 2.98. The number of imide groups is 1. The van der Waals surface area contributed by atoms with E-state index in [1.165, 1.54) is 7.11 Å². The summed E-state index contributed by atoms with van der Waals surface area (Å²) in [5.74, 6) is -1.48. The Bertz CT molecular complexity index is 424. The normalized spacial score (nSPS) is 22.6. The van der Waals surface area contributed by atoms with E-state index in [0.717, 1.165) is 4.90 Å². The van der Waals surface area contributed by atoms with Crippen LogP contribution in [-0.2, 0) is 19.1 Å². The Hall–Kier alpha value is -1.85. The summed E-state index contributed by atoms with van der Waals surface area (Å²) >= 11 is 0. The molecule has 0 spiro atoms. The van der Waals surface area contributed by atoms with Crippen LogP contribution < -0.4 is 0 Å². The first-order valence-electron chi connectivity index (χ1n) is 6.46. The Labute approximate surface area is 118 Å². The second-order valence-corrected chi connectivity index (χ2v) is 5.68. The van der Waals surface area contributed by atoms with Crippen LogP contribution in [0.3, 0.4) is 0 Å². The first-order valence-corrected chi connectivity index (χ1v) is 6.46. The van der Waals surface area contributed by atoms with Gasteiger partial charge in [0.05, 0.1) is 7.11 Å². The Kier molecular flexibility index (Phi) is 4.92. The van der Waals surface area contributed by atoms with Crippen molar-refractivity contribution in [2.45, 2.75) is 45.3 Å². The fourth-order valence-corrected chi connectivity index (χ4v) is 2.09. The predicted octanol–water partition coefficient (Wildman–Crippen LogP) is 1.89. The van der Waals surface area contributed by atoms with Crippen LogP contribution in [0.1, 0.15) is 33.6 Å². The van der Waals surface area contributed by atoms with Gasteiger partial charge in [0.25, 0.3) is 0 Å². The summed E-state index contributed by atoms with van der Waals surface area (Å²) in [6.07, 6.45) is 1.42.